The van der Waals surface area contributed by atoms with Crippen LogP contribution >= 0.6 is 0 Å². The first-order chi connectivity index (χ1) is 14.2. The van der Waals surface area contributed by atoms with Crippen molar-refractivity contribution < 1.29 is 18.6 Å². The molecule has 0 aliphatic carbocycles. The molecular formula is C22H34FN3O3. The molecule has 2 heterocycles. The van der Waals surface area contributed by atoms with Gasteiger partial charge in [0.25, 0.3) is 0 Å². The quantitative estimate of drug-likeness (QED) is 0.428. The minimum Gasteiger partial charge on any atom is -0.381 e. The molecule has 29 heavy (non-hydrogen) atoms. The zero-order chi connectivity index (χ0) is 20.5. The molecule has 0 amide bonds. The van der Waals surface area contributed by atoms with Gasteiger partial charge in [0.1, 0.15) is 11.9 Å². The SMILES string of the molecule is CN=C(NCCCOCC1CCOCC1)N1CC(C)OC(c2ccc(F)cc2)C1. The van der Waals surface area contributed by atoms with Crippen molar-refractivity contribution in [2.45, 2.75) is 38.4 Å². The van der Waals surface area contributed by atoms with Crippen molar-refractivity contribution in [1.29, 1.82) is 0 Å². The first-order valence-electron chi connectivity index (χ1n) is 10.7. The van der Waals surface area contributed by atoms with E-state index in [4.69, 9.17) is 14.2 Å². The first-order valence-corrected chi connectivity index (χ1v) is 10.7. The van der Waals surface area contributed by atoms with Gasteiger partial charge < -0.3 is 24.4 Å². The third-order valence-electron chi connectivity index (χ3n) is 5.46. The van der Waals surface area contributed by atoms with E-state index in [0.29, 0.717) is 12.5 Å². The molecular weight excluding hydrogens is 373 g/mol. The summed E-state index contributed by atoms with van der Waals surface area (Å²) in [4.78, 5) is 6.65. The predicted molar refractivity (Wildman–Crippen MR) is 112 cm³/mol. The first kappa shape index (κ1) is 22.0. The molecule has 1 aromatic carbocycles. The van der Waals surface area contributed by atoms with Gasteiger partial charge in [0.05, 0.1) is 12.6 Å². The fraction of sp³-hybridized carbons (Fsp3) is 0.682. The van der Waals surface area contributed by atoms with Gasteiger partial charge in [-0.25, -0.2) is 4.39 Å². The van der Waals surface area contributed by atoms with Crippen LogP contribution < -0.4 is 5.32 Å². The van der Waals surface area contributed by atoms with Gasteiger partial charge >= 0.3 is 0 Å². The van der Waals surface area contributed by atoms with Gasteiger partial charge in [-0.2, -0.15) is 0 Å². The van der Waals surface area contributed by atoms with Crippen LogP contribution in [0.2, 0.25) is 0 Å². The Kier molecular flexibility index (Phi) is 8.70. The van der Waals surface area contributed by atoms with Crippen LogP contribution in [0.15, 0.2) is 29.3 Å². The number of guanidine groups is 1. The number of hydrogen-bond acceptors (Lipinski definition) is 4. The van der Waals surface area contributed by atoms with Crippen molar-refractivity contribution in [1.82, 2.24) is 10.2 Å². The Morgan fingerprint density at radius 2 is 2.00 bits per heavy atom. The fourth-order valence-corrected chi connectivity index (χ4v) is 3.86. The van der Waals surface area contributed by atoms with Crippen molar-refractivity contribution in [3.05, 3.63) is 35.6 Å². The number of morpholine rings is 1. The highest BCUT2D eigenvalue weighted by molar-refractivity contribution is 5.80. The van der Waals surface area contributed by atoms with Crippen LogP contribution in [0.5, 0.6) is 0 Å². The summed E-state index contributed by atoms with van der Waals surface area (Å²) in [6.45, 7) is 7.64. The molecule has 2 aliphatic rings. The second-order valence-electron chi connectivity index (χ2n) is 7.85. The Hall–Kier alpha value is -1.70. The lowest BCUT2D eigenvalue weighted by molar-refractivity contribution is -0.0605. The summed E-state index contributed by atoms with van der Waals surface area (Å²) < 4.78 is 30.5. The molecule has 1 aromatic rings. The summed E-state index contributed by atoms with van der Waals surface area (Å²) in [5, 5.41) is 3.44. The van der Waals surface area contributed by atoms with Crippen LogP contribution in [0.1, 0.15) is 37.9 Å². The highest BCUT2D eigenvalue weighted by Crippen LogP contribution is 2.25. The van der Waals surface area contributed by atoms with E-state index in [9.17, 15) is 4.39 Å². The van der Waals surface area contributed by atoms with Crippen LogP contribution in [0.4, 0.5) is 4.39 Å². The van der Waals surface area contributed by atoms with Crippen molar-refractivity contribution in [2.24, 2.45) is 10.9 Å². The van der Waals surface area contributed by atoms with Gasteiger partial charge in [0.2, 0.25) is 0 Å². The standard InChI is InChI=1S/C22H34FN3O3/c1-17-14-26(15-21(29-17)19-4-6-20(23)7-5-19)22(24-2)25-10-3-11-28-16-18-8-12-27-13-9-18/h4-7,17-18,21H,3,8-16H2,1-2H3,(H,24,25). The van der Waals surface area contributed by atoms with Crippen molar-refractivity contribution in [2.75, 3.05) is 53.1 Å². The summed E-state index contributed by atoms with van der Waals surface area (Å²) in [6, 6.07) is 6.55. The number of nitrogens with zero attached hydrogens (tertiary/aromatic N) is 2. The monoisotopic (exact) mass is 407 g/mol. The van der Waals surface area contributed by atoms with Crippen molar-refractivity contribution >= 4 is 5.96 Å². The van der Waals surface area contributed by atoms with E-state index in [2.05, 4.69) is 22.1 Å². The van der Waals surface area contributed by atoms with E-state index < -0.39 is 0 Å². The van der Waals surface area contributed by atoms with E-state index in [-0.39, 0.29) is 18.0 Å². The number of ether oxygens (including phenoxy) is 3. The minimum absolute atomic E-state index is 0.0696. The molecule has 1 N–H and O–H groups in total. The highest BCUT2D eigenvalue weighted by atomic mass is 19.1. The molecule has 3 rings (SSSR count). The molecule has 2 atom stereocenters. The van der Waals surface area contributed by atoms with Crippen LogP contribution in [0, 0.1) is 11.7 Å². The molecule has 2 aliphatic heterocycles. The van der Waals surface area contributed by atoms with Gasteiger partial charge in [-0.3, -0.25) is 4.99 Å². The third-order valence-corrected chi connectivity index (χ3v) is 5.46. The average Bonchev–Trinajstić information content (AvgIpc) is 2.74. The lowest BCUT2D eigenvalue weighted by atomic mass is 10.0. The summed E-state index contributed by atoms with van der Waals surface area (Å²) in [6.07, 6.45) is 3.12. The molecule has 0 radical (unpaired) electrons. The number of halogens is 1. The molecule has 0 bridgehead atoms. The van der Waals surface area contributed by atoms with Crippen molar-refractivity contribution in [3.63, 3.8) is 0 Å². The predicted octanol–water partition coefficient (Wildman–Crippen LogP) is 3.00. The highest BCUT2D eigenvalue weighted by Gasteiger charge is 2.28. The van der Waals surface area contributed by atoms with Crippen LogP contribution in [0.3, 0.4) is 0 Å². The van der Waals surface area contributed by atoms with Gasteiger partial charge in [-0.1, -0.05) is 12.1 Å². The topological polar surface area (TPSA) is 55.3 Å². The summed E-state index contributed by atoms with van der Waals surface area (Å²) in [7, 11) is 1.80. The minimum atomic E-state index is -0.231. The maximum absolute atomic E-state index is 13.2. The smallest absolute Gasteiger partial charge is 0.193 e. The molecule has 2 unspecified atom stereocenters. The molecule has 2 fully saturated rings. The maximum atomic E-state index is 13.2. The fourth-order valence-electron chi connectivity index (χ4n) is 3.86. The number of hydrogen-bond donors (Lipinski definition) is 1. The zero-order valence-corrected chi connectivity index (χ0v) is 17.6. The third kappa shape index (κ3) is 6.94. The van der Waals surface area contributed by atoms with Crippen LogP contribution in [0.25, 0.3) is 0 Å². The Balaban J connectivity index is 1.40. The van der Waals surface area contributed by atoms with Gasteiger partial charge in [-0.15, -0.1) is 0 Å². The van der Waals surface area contributed by atoms with E-state index in [0.717, 1.165) is 70.3 Å². The molecule has 0 saturated carbocycles. The van der Waals surface area contributed by atoms with Gasteiger partial charge in [0, 0.05) is 46.6 Å². The average molecular weight is 408 g/mol. The van der Waals surface area contributed by atoms with E-state index in [1.165, 1.54) is 12.1 Å². The zero-order valence-electron chi connectivity index (χ0n) is 17.6. The Morgan fingerprint density at radius 3 is 2.72 bits per heavy atom. The molecule has 2 saturated heterocycles. The van der Waals surface area contributed by atoms with E-state index in [1.54, 1.807) is 19.2 Å². The molecule has 0 spiro atoms. The molecule has 162 valence electrons. The normalized spacial score (nSPS) is 24.0. The van der Waals surface area contributed by atoms with Crippen molar-refractivity contribution in [3.8, 4) is 0 Å². The largest absolute Gasteiger partial charge is 0.381 e. The number of rotatable bonds is 7. The van der Waals surface area contributed by atoms with Crippen LogP contribution in [-0.2, 0) is 14.2 Å². The number of nitrogens with one attached hydrogen (secondary N) is 1. The Morgan fingerprint density at radius 1 is 1.24 bits per heavy atom. The molecule has 7 heteroatoms. The lowest BCUT2D eigenvalue weighted by Crippen LogP contribution is -2.50. The summed E-state index contributed by atoms with van der Waals surface area (Å²) in [5.41, 5.74) is 0.986. The summed E-state index contributed by atoms with van der Waals surface area (Å²) in [5.74, 6) is 1.28. The van der Waals surface area contributed by atoms with Crippen LogP contribution in [-0.4, -0.2) is 70.1 Å². The number of benzene rings is 1. The number of aliphatic imine (C=N–C) groups is 1. The Labute approximate surface area is 173 Å². The Bertz CT molecular complexity index is 635. The van der Waals surface area contributed by atoms with Gasteiger partial charge in [0.15, 0.2) is 5.96 Å². The second kappa shape index (κ2) is 11.5. The lowest BCUT2D eigenvalue weighted by Gasteiger charge is -2.38. The maximum Gasteiger partial charge on any atom is 0.193 e. The molecule has 0 aromatic heterocycles. The summed E-state index contributed by atoms with van der Waals surface area (Å²) >= 11 is 0. The molecule has 6 nitrogen and oxygen atoms in total. The second-order valence-corrected chi connectivity index (χ2v) is 7.85. The van der Waals surface area contributed by atoms with E-state index in [1.807, 2.05) is 0 Å². The van der Waals surface area contributed by atoms with Gasteiger partial charge in [-0.05, 0) is 49.8 Å². The van der Waals surface area contributed by atoms with E-state index >= 15 is 0 Å².